The maximum absolute atomic E-state index is 13.3. The van der Waals surface area contributed by atoms with Crippen molar-refractivity contribution in [1.82, 2.24) is 9.55 Å². The van der Waals surface area contributed by atoms with E-state index in [0.29, 0.717) is 30.3 Å². The Labute approximate surface area is 196 Å². The van der Waals surface area contributed by atoms with E-state index in [1.165, 1.54) is 18.2 Å². The summed E-state index contributed by atoms with van der Waals surface area (Å²) in [6, 6.07) is 20.0. The molecule has 3 aromatic carbocycles. The van der Waals surface area contributed by atoms with Crippen LogP contribution >= 0.6 is 0 Å². The van der Waals surface area contributed by atoms with E-state index in [2.05, 4.69) is 15.6 Å². The Morgan fingerprint density at radius 2 is 1.76 bits per heavy atom. The fraction of sp³-hybridized carbons (Fsp3) is 0.115. The minimum Gasteiger partial charge on any atom is -0.492 e. The first kappa shape index (κ1) is 22.7. The highest BCUT2D eigenvalue weighted by atomic mass is 19.1. The summed E-state index contributed by atoms with van der Waals surface area (Å²) >= 11 is 0. The second-order valence-corrected chi connectivity index (χ2v) is 7.48. The van der Waals surface area contributed by atoms with Crippen LogP contribution in [0.25, 0.3) is 0 Å². The zero-order chi connectivity index (χ0) is 23.9. The number of hydrogen-bond acceptors (Lipinski definition) is 4. The number of amides is 2. The lowest BCUT2D eigenvalue weighted by Gasteiger charge is -2.10. The van der Waals surface area contributed by atoms with Crippen molar-refractivity contribution in [2.24, 2.45) is 0 Å². The van der Waals surface area contributed by atoms with E-state index < -0.39 is 5.82 Å². The molecule has 2 N–H and O–H groups in total. The highest BCUT2D eigenvalue weighted by Gasteiger charge is 2.13. The smallest absolute Gasteiger partial charge is 0.275 e. The molecule has 7 nitrogen and oxygen atoms in total. The number of benzene rings is 3. The van der Waals surface area contributed by atoms with Crippen molar-refractivity contribution in [2.45, 2.75) is 13.5 Å². The third kappa shape index (κ3) is 5.66. The highest BCUT2D eigenvalue weighted by Crippen LogP contribution is 2.24. The van der Waals surface area contributed by atoms with Gasteiger partial charge in [-0.25, -0.2) is 9.37 Å². The van der Waals surface area contributed by atoms with Gasteiger partial charge >= 0.3 is 0 Å². The molecule has 0 spiro atoms. The third-order valence-electron chi connectivity index (χ3n) is 4.96. The molecule has 4 rings (SSSR count). The summed E-state index contributed by atoms with van der Waals surface area (Å²) < 4.78 is 20.7. The van der Waals surface area contributed by atoms with Crippen molar-refractivity contribution in [1.29, 1.82) is 0 Å². The highest BCUT2D eigenvalue weighted by molar-refractivity contribution is 6.04. The van der Waals surface area contributed by atoms with Crippen LogP contribution in [0.5, 0.6) is 5.75 Å². The molecular formula is C26H23FN4O3. The van der Waals surface area contributed by atoms with Gasteiger partial charge in [-0.15, -0.1) is 0 Å². The molecule has 172 valence electrons. The van der Waals surface area contributed by atoms with Crippen LogP contribution in [0, 0.1) is 5.82 Å². The number of nitrogens with zero attached hydrogens (tertiary/aromatic N) is 2. The summed E-state index contributed by atoms with van der Waals surface area (Å²) in [7, 11) is 0. The van der Waals surface area contributed by atoms with Crippen LogP contribution in [0.2, 0.25) is 0 Å². The molecule has 4 aromatic rings. The quantitative estimate of drug-likeness (QED) is 0.390. The van der Waals surface area contributed by atoms with Gasteiger partial charge in [0.2, 0.25) is 0 Å². The Kier molecular flexibility index (Phi) is 6.98. The molecule has 1 heterocycles. The predicted molar refractivity (Wildman–Crippen MR) is 128 cm³/mol. The maximum atomic E-state index is 13.3. The van der Waals surface area contributed by atoms with Gasteiger partial charge in [0.1, 0.15) is 17.3 Å². The maximum Gasteiger partial charge on any atom is 0.275 e. The zero-order valence-electron chi connectivity index (χ0n) is 18.5. The molecule has 0 bridgehead atoms. The van der Waals surface area contributed by atoms with E-state index in [0.717, 1.165) is 5.56 Å². The number of halogens is 1. The Morgan fingerprint density at radius 3 is 2.53 bits per heavy atom. The molecule has 0 saturated carbocycles. The second-order valence-electron chi connectivity index (χ2n) is 7.48. The molecule has 8 heteroatoms. The second kappa shape index (κ2) is 10.4. The van der Waals surface area contributed by atoms with E-state index in [1.54, 1.807) is 47.4 Å². The molecule has 0 radical (unpaired) electrons. The van der Waals surface area contributed by atoms with E-state index in [4.69, 9.17) is 4.74 Å². The summed E-state index contributed by atoms with van der Waals surface area (Å²) in [5.74, 6) is -0.581. The number of carbonyl (C=O) groups excluding carboxylic acids is 2. The van der Waals surface area contributed by atoms with Gasteiger partial charge in [0.15, 0.2) is 0 Å². The number of anilines is 2. The van der Waals surface area contributed by atoms with Gasteiger partial charge in [-0.1, -0.05) is 30.3 Å². The Morgan fingerprint density at radius 1 is 0.971 bits per heavy atom. The van der Waals surface area contributed by atoms with Crippen LogP contribution in [0.3, 0.4) is 0 Å². The Hall–Kier alpha value is -4.46. The van der Waals surface area contributed by atoms with Crippen LogP contribution in [0.4, 0.5) is 15.8 Å². The lowest BCUT2D eigenvalue weighted by atomic mass is 10.1. The van der Waals surface area contributed by atoms with Gasteiger partial charge < -0.3 is 19.9 Å². The van der Waals surface area contributed by atoms with E-state index in [9.17, 15) is 14.0 Å². The summed E-state index contributed by atoms with van der Waals surface area (Å²) in [5.41, 5.74) is 2.66. The van der Waals surface area contributed by atoms with Crippen LogP contribution in [-0.2, 0) is 6.54 Å². The largest absolute Gasteiger partial charge is 0.492 e. The van der Waals surface area contributed by atoms with Crippen molar-refractivity contribution in [2.75, 3.05) is 17.2 Å². The summed E-state index contributed by atoms with van der Waals surface area (Å²) in [6.07, 6.45) is 3.25. The first-order valence-corrected chi connectivity index (χ1v) is 10.7. The minimum absolute atomic E-state index is 0.247. The first-order chi connectivity index (χ1) is 16.5. The normalized spacial score (nSPS) is 10.5. The topological polar surface area (TPSA) is 85.2 Å². The lowest BCUT2D eigenvalue weighted by Crippen LogP contribution is -2.13. The molecule has 0 unspecified atom stereocenters. The lowest BCUT2D eigenvalue weighted by molar-refractivity contribution is 0.101. The number of ether oxygens (including phenoxy) is 1. The minimum atomic E-state index is -0.463. The van der Waals surface area contributed by atoms with Crippen LogP contribution in [0.15, 0.2) is 85.3 Å². The predicted octanol–water partition coefficient (Wildman–Crippen LogP) is 4.97. The fourth-order valence-corrected chi connectivity index (χ4v) is 3.34. The van der Waals surface area contributed by atoms with Crippen LogP contribution in [-0.4, -0.2) is 28.0 Å². The number of aromatic nitrogens is 2. The average Bonchev–Trinajstić information content (AvgIpc) is 3.30. The van der Waals surface area contributed by atoms with E-state index in [-0.39, 0.29) is 23.1 Å². The number of rotatable bonds is 8. The molecule has 34 heavy (non-hydrogen) atoms. The van der Waals surface area contributed by atoms with Crippen molar-refractivity contribution >= 4 is 23.2 Å². The van der Waals surface area contributed by atoms with Gasteiger partial charge in [0.05, 0.1) is 18.6 Å². The van der Waals surface area contributed by atoms with Gasteiger partial charge in [-0.2, -0.15) is 0 Å². The summed E-state index contributed by atoms with van der Waals surface area (Å²) in [5, 5.41) is 5.57. The molecule has 0 aliphatic heterocycles. The number of para-hydroxylation sites is 2. The van der Waals surface area contributed by atoms with Gasteiger partial charge in [-0.3, -0.25) is 9.59 Å². The van der Waals surface area contributed by atoms with Crippen LogP contribution < -0.4 is 15.4 Å². The molecular weight excluding hydrogens is 435 g/mol. The zero-order valence-corrected chi connectivity index (χ0v) is 18.5. The fourth-order valence-electron chi connectivity index (χ4n) is 3.34. The number of carbonyl (C=O) groups is 2. The molecule has 0 saturated heterocycles. The molecule has 0 atom stereocenters. The Balaban J connectivity index is 1.36. The van der Waals surface area contributed by atoms with E-state index >= 15 is 0 Å². The Bertz CT molecular complexity index is 1300. The van der Waals surface area contributed by atoms with Crippen molar-refractivity contribution < 1.29 is 18.7 Å². The van der Waals surface area contributed by atoms with Gasteiger partial charge in [0.25, 0.3) is 11.8 Å². The molecule has 0 aliphatic rings. The van der Waals surface area contributed by atoms with Crippen molar-refractivity contribution in [3.63, 3.8) is 0 Å². The molecule has 2 amide bonds. The first-order valence-electron chi connectivity index (χ1n) is 10.7. The van der Waals surface area contributed by atoms with Crippen LogP contribution in [0.1, 0.15) is 33.3 Å². The van der Waals surface area contributed by atoms with Gasteiger partial charge in [0, 0.05) is 24.0 Å². The summed E-state index contributed by atoms with van der Waals surface area (Å²) in [6.45, 7) is 2.87. The average molecular weight is 458 g/mol. The monoisotopic (exact) mass is 458 g/mol. The van der Waals surface area contributed by atoms with Gasteiger partial charge in [-0.05, 0) is 55.0 Å². The van der Waals surface area contributed by atoms with Crippen molar-refractivity contribution in [3.05, 3.63) is 108 Å². The molecule has 1 aromatic heterocycles. The summed E-state index contributed by atoms with van der Waals surface area (Å²) in [4.78, 5) is 29.1. The van der Waals surface area contributed by atoms with Crippen molar-refractivity contribution in [3.8, 4) is 5.75 Å². The number of nitrogens with one attached hydrogen (secondary N) is 2. The third-order valence-corrected chi connectivity index (χ3v) is 4.96. The van der Waals surface area contributed by atoms with E-state index in [1.807, 2.05) is 31.2 Å². The SMILES string of the molecule is CCOc1ccccc1NC(=O)c1cn(Cc2ccc(NC(=O)c3cccc(F)c3)cc2)cn1. The number of hydrogen-bond donors (Lipinski definition) is 2. The standard InChI is InChI=1S/C26H23FN4O3/c1-2-34-24-9-4-3-8-22(24)30-26(33)23-16-31(17-28-23)15-18-10-12-21(13-11-18)29-25(32)19-6-5-7-20(27)14-19/h3-14,16-17H,2,15H2,1H3,(H,29,32)(H,30,33). The molecule has 0 aliphatic carbocycles. The molecule has 0 fully saturated rings. The number of imidazole rings is 1.